The lowest BCUT2D eigenvalue weighted by Gasteiger charge is -2.25. The second kappa shape index (κ2) is 8.03. The van der Waals surface area contributed by atoms with E-state index in [1.807, 2.05) is 0 Å². The van der Waals surface area contributed by atoms with Crippen LogP contribution < -0.4 is 5.32 Å². The van der Waals surface area contributed by atoms with Crippen LogP contribution >= 0.6 is 15.9 Å². The molecule has 10 heteroatoms. The number of fused-ring (bicyclic) bond motifs is 1. The van der Waals surface area contributed by atoms with Gasteiger partial charge in [-0.2, -0.15) is 0 Å². The molecule has 2 aromatic carbocycles. The Morgan fingerprint density at radius 2 is 1.72 bits per heavy atom. The van der Waals surface area contributed by atoms with Crippen molar-refractivity contribution in [3.8, 4) is 0 Å². The molecule has 0 saturated carbocycles. The molecule has 0 radical (unpaired) electrons. The summed E-state index contributed by atoms with van der Waals surface area (Å²) in [5, 5.41) is 2.34. The first-order chi connectivity index (χ1) is 13.6. The maximum atomic E-state index is 14.1. The fourth-order valence-corrected chi connectivity index (χ4v) is 3.99. The van der Waals surface area contributed by atoms with Gasteiger partial charge in [0.2, 0.25) is 5.91 Å². The van der Waals surface area contributed by atoms with E-state index in [-0.39, 0.29) is 23.2 Å². The lowest BCUT2D eigenvalue weighted by molar-refractivity contribution is -0.120. The zero-order chi connectivity index (χ0) is 21.3. The Morgan fingerprint density at radius 1 is 1.14 bits per heavy atom. The van der Waals surface area contributed by atoms with E-state index in [4.69, 9.17) is 0 Å². The number of benzene rings is 2. The van der Waals surface area contributed by atoms with Crippen molar-refractivity contribution in [2.45, 2.75) is 12.5 Å². The van der Waals surface area contributed by atoms with E-state index in [1.54, 1.807) is 12.1 Å². The van der Waals surface area contributed by atoms with Crippen LogP contribution in [-0.2, 0) is 14.6 Å². The number of halogens is 2. The summed E-state index contributed by atoms with van der Waals surface area (Å²) in [6.45, 7) is 0. The van der Waals surface area contributed by atoms with Crippen LogP contribution in [0.1, 0.15) is 27.1 Å². The molecule has 152 valence electrons. The van der Waals surface area contributed by atoms with Gasteiger partial charge in [0, 0.05) is 10.7 Å². The van der Waals surface area contributed by atoms with Crippen molar-refractivity contribution in [3.05, 3.63) is 63.9 Å². The van der Waals surface area contributed by atoms with E-state index in [2.05, 4.69) is 21.2 Å². The van der Waals surface area contributed by atoms with Crippen LogP contribution in [0, 0.1) is 5.82 Å². The summed E-state index contributed by atoms with van der Waals surface area (Å²) in [6.07, 6.45) is 0.674. The molecule has 7 nitrogen and oxygen atoms in total. The molecule has 2 aromatic rings. The Kier molecular flexibility index (Phi) is 5.85. The lowest BCUT2D eigenvalue weighted by Crippen LogP contribution is -2.48. The van der Waals surface area contributed by atoms with Crippen LogP contribution in [0.4, 0.5) is 10.1 Å². The summed E-state index contributed by atoms with van der Waals surface area (Å²) in [5.74, 6) is -3.41. The number of carbonyl (C=O) groups is 3. The molecule has 0 aromatic heterocycles. The Balaban J connectivity index is 1.93. The first-order valence-electron chi connectivity index (χ1n) is 8.49. The Hall–Kier alpha value is -2.59. The Labute approximate surface area is 174 Å². The number of carbonyl (C=O) groups excluding carboxylic acids is 3. The van der Waals surface area contributed by atoms with Crippen molar-refractivity contribution in [1.29, 1.82) is 0 Å². The predicted molar refractivity (Wildman–Crippen MR) is 108 cm³/mol. The van der Waals surface area contributed by atoms with Crippen LogP contribution in [-0.4, -0.2) is 49.1 Å². The highest BCUT2D eigenvalue weighted by molar-refractivity contribution is 9.10. The Bertz CT molecular complexity index is 1080. The van der Waals surface area contributed by atoms with Crippen molar-refractivity contribution < 1.29 is 27.2 Å². The van der Waals surface area contributed by atoms with Gasteiger partial charge in [-0.15, -0.1) is 0 Å². The van der Waals surface area contributed by atoms with Gasteiger partial charge in [0.1, 0.15) is 21.7 Å². The van der Waals surface area contributed by atoms with Gasteiger partial charge in [-0.3, -0.25) is 19.3 Å². The van der Waals surface area contributed by atoms with Crippen LogP contribution in [0.5, 0.6) is 0 Å². The second-order valence-corrected chi connectivity index (χ2v) is 9.75. The van der Waals surface area contributed by atoms with E-state index >= 15 is 0 Å². The monoisotopic (exact) mass is 482 g/mol. The van der Waals surface area contributed by atoms with E-state index in [0.29, 0.717) is 4.47 Å². The number of anilines is 1. The van der Waals surface area contributed by atoms with Crippen molar-refractivity contribution in [3.63, 3.8) is 0 Å². The zero-order valence-electron chi connectivity index (χ0n) is 15.2. The molecule has 0 fully saturated rings. The first kappa shape index (κ1) is 21.1. The lowest BCUT2D eigenvalue weighted by atomic mass is 10.1. The average Bonchev–Trinajstić information content (AvgIpc) is 2.89. The zero-order valence-corrected chi connectivity index (χ0v) is 17.6. The summed E-state index contributed by atoms with van der Waals surface area (Å²) in [4.78, 5) is 39.1. The van der Waals surface area contributed by atoms with E-state index in [0.717, 1.165) is 17.2 Å². The van der Waals surface area contributed by atoms with Gasteiger partial charge in [0.15, 0.2) is 0 Å². The minimum atomic E-state index is -3.48. The smallest absolute Gasteiger partial charge is 0.262 e. The minimum absolute atomic E-state index is 0.129. The standard InChI is InChI=1S/C19H16BrFN2O5S/c1-29(27,28)9-8-16(17(24)22-15-7-6-11(20)10-14(15)21)23-18(25)12-4-2-3-5-13(12)19(23)26/h2-7,10,16H,8-9H2,1H3,(H,22,24)/t16-/m0/s1. The molecular weight excluding hydrogens is 467 g/mol. The number of imide groups is 1. The van der Waals surface area contributed by atoms with E-state index in [9.17, 15) is 27.2 Å². The highest BCUT2D eigenvalue weighted by atomic mass is 79.9. The van der Waals surface area contributed by atoms with Gasteiger partial charge in [-0.1, -0.05) is 28.1 Å². The van der Waals surface area contributed by atoms with E-state index in [1.165, 1.54) is 24.3 Å². The van der Waals surface area contributed by atoms with Crippen LogP contribution in [0.15, 0.2) is 46.9 Å². The third-order valence-corrected chi connectivity index (χ3v) is 5.86. The maximum absolute atomic E-state index is 14.1. The third-order valence-electron chi connectivity index (χ3n) is 4.39. The molecule has 0 spiro atoms. The largest absolute Gasteiger partial charge is 0.322 e. The normalized spacial score (nSPS) is 14.7. The number of hydrogen-bond acceptors (Lipinski definition) is 5. The molecule has 1 N–H and O–H groups in total. The third kappa shape index (κ3) is 4.54. The molecule has 3 rings (SSSR count). The van der Waals surface area contributed by atoms with Crippen LogP contribution in [0.25, 0.3) is 0 Å². The summed E-state index contributed by atoms with van der Waals surface area (Å²) < 4.78 is 37.8. The van der Waals surface area contributed by atoms with Gasteiger partial charge in [-0.05, 0) is 36.8 Å². The first-order valence-corrected chi connectivity index (χ1v) is 11.3. The molecule has 29 heavy (non-hydrogen) atoms. The summed E-state index contributed by atoms with van der Waals surface area (Å²) in [5.41, 5.74) is 0.105. The molecular formula is C19H16BrFN2O5S. The molecule has 3 amide bonds. The van der Waals surface area contributed by atoms with Gasteiger partial charge in [-0.25, -0.2) is 12.8 Å². The summed E-state index contributed by atoms with van der Waals surface area (Å²) >= 11 is 3.11. The number of rotatable bonds is 6. The van der Waals surface area contributed by atoms with Crippen molar-refractivity contribution >= 4 is 49.2 Å². The number of nitrogens with one attached hydrogen (secondary N) is 1. The minimum Gasteiger partial charge on any atom is -0.322 e. The molecule has 1 aliphatic heterocycles. The summed E-state index contributed by atoms with van der Waals surface area (Å²) in [7, 11) is -3.48. The fraction of sp³-hybridized carbons (Fsp3) is 0.211. The van der Waals surface area contributed by atoms with Crippen molar-refractivity contribution in [2.24, 2.45) is 0 Å². The van der Waals surface area contributed by atoms with Crippen LogP contribution in [0.2, 0.25) is 0 Å². The highest BCUT2D eigenvalue weighted by Crippen LogP contribution is 2.27. The molecule has 1 atom stereocenters. The second-order valence-electron chi connectivity index (χ2n) is 6.57. The van der Waals surface area contributed by atoms with Gasteiger partial charge >= 0.3 is 0 Å². The molecule has 0 saturated heterocycles. The number of amides is 3. The predicted octanol–water partition coefficient (Wildman–Crippen LogP) is 2.63. The average molecular weight is 483 g/mol. The van der Waals surface area contributed by atoms with Gasteiger partial charge < -0.3 is 5.32 Å². The molecule has 0 aliphatic carbocycles. The molecule has 0 unspecified atom stereocenters. The maximum Gasteiger partial charge on any atom is 0.262 e. The molecule has 0 bridgehead atoms. The topological polar surface area (TPSA) is 101 Å². The number of nitrogens with zero attached hydrogens (tertiary/aromatic N) is 1. The van der Waals surface area contributed by atoms with Gasteiger partial charge in [0.05, 0.1) is 22.6 Å². The van der Waals surface area contributed by atoms with Gasteiger partial charge in [0.25, 0.3) is 11.8 Å². The quantitative estimate of drug-likeness (QED) is 0.637. The van der Waals surface area contributed by atoms with Crippen molar-refractivity contribution in [2.75, 3.05) is 17.3 Å². The SMILES string of the molecule is CS(=O)(=O)CC[C@@H](C(=O)Nc1ccc(Br)cc1F)N1C(=O)c2ccccc2C1=O. The summed E-state index contributed by atoms with van der Waals surface area (Å²) in [6, 6.07) is 8.61. The molecule has 1 heterocycles. The molecule has 1 aliphatic rings. The van der Waals surface area contributed by atoms with E-state index < -0.39 is 45.2 Å². The fourth-order valence-electron chi connectivity index (χ4n) is 3.00. The van der Waals surface area contributed by atoms with Crippen molar-refractivity contribution in [1.82, 2.24) is 4.90 Å². The highest BCUT2D eigenvalue weighted by Gasteiger charge is 2.42. The van der Waals surface area contributed by atoms with Crippen LogP contribution in [0.3, 0.4) is 0 Å². The number of sulfone groups is 1. The number of hydrogen-bond donors (Lipinski definition) is 1. The Morgan fingerprint density at radius 3 is 2.24 bits per heavy atom.